The number of thioether (sulfide) groups is 1. The number of carbonyl (C=O) groups excluding carboxylic acids is 2. The van der Waals surface area contributed by atoms with Crippen LogP contribution in [0.4, 0.5) is 16.4 Å². The molecule has 2 amide bonds. The Balaban J connectivity index is 1.37. The molecule has 0 unspecified atom stereocenters. The first kappa shape index (κ1) is 22.4. The van der Waals surface area contributed by atoms with Crippen molar-refractivity contribution < 1.29 is 9.59 Å². The van der Waals surface area contributed by atoms with Crippen molar-refractivity contribution in [1.29, 1.82) is 5.26 Å². The Labute approximate surface area is 206 Å². The predicted octanol–water partition coefficient (Wildman–Crippen LogP) is 5.66. The number of aryl methyl sites for hydroxylation is 1. The number of nitrogens with one attached hydrogen (secondary N) is 1. The molecule has 0 spiro atoms. The van der Waals surface area contributed by atoms with Crippen molar-refractivity contribution in [2.24, 2.45) is 4.99 Å². The lowest BCUT2D eigenvalue weighted by Crippen LogP contribution is -2.33. The van der Waals surface area contributed by atoms with Gasteiger partial charge in [0.2, 0.25) is 11.8 Å². The van der Waals surface area contributed by atoms with Gasteiger partial charge in [0.1, 0.15) is 16.3 Å². The number of fused-ring (bicyclic) bond motifs is 1. The minimum Gasteiger partial charge on any atom is -0.317 e. The fourth-order valence-corrected chi connectivity index (χ4v) is 6.63. The number of anilines is 2. The standard InChI is InChI=1S/C26H22N4O2S2/c27-16-20-19-13-7-8-14-21(19)33-24(20)29-23(31)15-22-25(32)30(18-11-5-2-6-12-18)26(34-22)28-17-9-3-1-4-10-17/h1-6,9-12,22H,7-8,13-15H2,(H,29,31)/t22-/m1/s1. The summed E-state index contributed by atoms with van der Waals surface area (Å²) < 4.78 is 0. The smallest absolute Gasteiger partial charge is 0.247 e. The van der Waals surface area contributed by atoms with Gasteiger partial charge in [0.05, 0.1) is 16.9 Å². The zero-order valence-corrected chi connectivity index (χ0v) is 20.0. The fourth-order valence-electron chi connectivity index (χ4n) is 4.22. The van der Waals surface area contributed by atoms with Crippen LogP contribution in [0.25, 0.3) is 0 Å². The Morgan fingerprint density at radius 2 is 1.79 bits per heavy atom. The molecule has 6 nitrogen and oxygen atoms in total. The van der Waals surface area contributed by atoms with E-state index in [9.17, 15) is 14.9 Å². The van der Waals surface area contributed by atoms with E-state index >= 15 is 0 Å². The fraction of sp³-hybridized carbons (Fsp3) is 0.231. The van der Waals surface area contributed by atoms with Crippen LogP contribution in [0, 0.1) is 11.3 Å². The molecule has 1 aromatic heterocycles. The molecule has 0 bridgehead atoms. The van der Waals surface area contributed by atoms with E-state index in [0.29, 0.717) is 15.7 Å². The summed E-state index contributed by atoms with van der Waals surface area (Å²) in [6.45, 7) is 0. The molecule has 5 rings (SSSR count). The van der Waals surface area contributed by atoms with E-state index in [4.69, 9.17) is 4.99 Å². The van der Waals surface area contributed by atoms with Gasteiger partial charge in [-0.1, -0.05) is 48.2 Å². The summed E-state index contributed by atoms with van der Waals surface area (Å²) in [5, 5.41) is 13.1. The first-order valence-electron chi connectivity index (χ1n) is 11.2. The summed E-state index contributed by atoms with van der Waals surface area (Å²) in [6.07, 6.45) is 4.02. The molecular weight excluding hydrogens is 464 g/mol. The number of aliphatic imine (C=N–C) groups is 1. The van der Waals surface area contributed by atoms with Gasteiger partial charge in [-0.15, -0.1) is 11.3 Å². The highest BCUT2D eigenvalue weighted by Gasteiger charge is 2.40. The van der Waals surface area contributed by atoms with E-state index in [1.807, 2.05) is 60.7 Å². The van der Waals surface area contributed by atoms with Gasteiger partial charge in [0.25, 0.3) is 0 Å². The largest absolute Gasteiger partial charge is 0.317 e. The summed E-state index contributed by atoms with van der Waals surface area (Å²) in [6, 6.07) is 21.1. The van der Waals surface area contributed by atoms with Gasteiger partial charge in [0, 0.05) is 11.3 Å². The third-order valence-electron chi connectivity index (χ3n) is 5.84. The maximum absolute atomic E-state index is 13.4. The molecule has 1 aliphatic heterocycles. The number of thiophene rings is 1. The normalized spacial score (nSPS) is 18.6. The number of para-hydroxylation sites is 2. The van der Waals surface area contributed by atoms with Crippen molar-refractivity contribution in [1.82, 2.24) is 0 Å². The second kappa shape index (κ2) is 9.84. The lowest BCUT2D eigenvalue weighted by molar-refractivity contribution is -0.121. The topological polar surface area (TPSA) is 85.6 Å². The molecule has 0 radical (unpaired) electrons. The number of rotatable bonds is 5. The highest BCUT2D eigenvalue weighted by Crippen LogP contribution is 2.39. The van der Waals surface area contributed by atoms with Gasteiger partial charge in [-0.3, -0.25) is 14.5 Å². The Morgan fingerprint density at radius 1 is 1.09 bits per heavy atom. The molecule has 1 N–H and O–H groups in total. The van der Waals surface area contributed by atoms with Crippen LogP contribution in [0.1, 0.15) is 35.3 Å². The third-order valence-corrected chi connectivity index (χ3v) is 8.18. The van der Waals surface area contributed by atoms with E-state index in [1.54, 1.807) is 4.90 Å². The van der Waals surface area contributed by atoms with Gasteiger partial charge >= 0.3 is 0 Å². The number of carbonyl (C=O) groups is 2. The first-order chi connectivity index (χ1) is 16.6. The third kappa shape index (κ3) is 4.49. The van der Waals surface area contributed by atoms with Crippen molar-refractivity contribution in [3.63, 3.8) is 0 Å². The molecule has 1 aliphatic carbocycles. The molecule has 1 saturated heterocycles. The summed E-state index contributed by atoms with van der Waals surface area (Å²) in [5.41, 5.74) is 3.12. The van der Waals surface area contributed by atoms with Crippen molar-refractivity contribution >= 4 is 56.5 Å². The van der Waals surface area contributed by atoms with Crippen molar-refractivity contribution in [2.75, 3.05) is 10.2 Å². The van der Waals surface area contributed by atoms with Gasteiger partial charge in [-0.25, -0.2) is 4.99 Å². The average Bonchev–Trinajstić information content (AvgIpc) is 3.36. The van der Waals surface area contributed by atoms with Crippen LogP contribution in [0.3, 0.4) is 0 Å². The van der Waals surface area contributed by atoms with Crippen LogP contribution in [-0.4, -0.2) is 22.2 Å². The maximum Gasteiger partial charge on any atom is 0.247 e. The lowest BCUT2D eigenvalue weighted by atomic mass is 9.96. The first-order valence-corrected chi connectivity index (χ1v) is 12.9. The number of benzene rings is 2. The second-order valence-electron chi connectivity index (χ2n) is 8.12. The molecule has 1 fully saturated rings. The van der Waals surface area contributed by atoms with E-state index in [1.165, 1.54) is 28.0 Å². The van der Waals surface area contributed by atoms with Gasteiger partial charge < -0.3 is 5.32 Å². The number of amides is 2. The van der Waals surface area contributed by atoms with Gasteiger partial charge in [0.15, 0.2) is 5.17 Å². The molecule has 1 atom stereocenters. The van der Waals surface area contributed by atoms with Crippen LogP contribution in [-0.2, 0) is 22.4 Å². The minimum atomic E-state index is -0.595. The maximum atomic E-state index is 13.4. The average molecular weight is 487 g/mol. The lowest BCUT2D eigenvalue weighted by Gasteiger charge is -2.16. The number of hydrogen-bond donors (Lipinski definition) is 1. The van der Waals surface area contributed by atoms with Crippen LogP contribution < -0.4 is 10.2 Å². The monoisotopic (exact) mass is 486 g/mol. The van der Waals surface area contributed by atoms with Crippen LogP contribution in [0.15, 0.2) is 65.7 Å². The van der Waals surface area contributed by atoms with Gasteiger partial charge in [-0.05, 0) is 55.5 Å². The van der Waals surface area contributed by atoms with E-state index in [-0.39, 0.29) is 18.2 Å². The summed E-state index contributed by atoms with van der Waals surface area (Å²) in [4.78, 5) is 33.8. The molecule has 2 heterocycles. The van der Waals surface area contributed by atoms with E-state index in [2.05, 4.69) is 11.4 Å². The Bertz CT molecular complexity index is 1300. The molecule has 34 heavy (non-hydrogen) atoms. The zero-order valence-electron chi connectivity index (χ0n) is 18.4. The SMILES string of the molecule is N#Cc1c(NC(=O)C[C@H]2SC(=Nc3ccccc3)N(c3ccccc3)C2=O)sc2c1CCCC2. The molecule has 3 aromatic rings. The number of amidine groups is 1. The molecule has 2 aliphatic rings. The Hall–Kier alpha value is -3.41. The second-order valence-corrected chi connectivity index (χ2v) is 10.4. The van der Waals surface area contributed by atoms with Crippen LogP contribution in [0.2, 0.25) is 0 Å². The molecule has 170 valence electrons. The van der Waals surface area contributed by atoms with E-state index < -0.39 is 5.25 Å². The van der Waals surface area contributed by atoms with Crippen molar-refractivity contribution in [3.05, 3.63) is 76.7 Å². The summed E-state index contributed by atoms with van der Waals surface area (Å²) in [7, 11) is 0. The number of hydrogen-bond acceptors (Lipinski definition) is 6. The van der Waals surface area contributed by atoms with Crippen LogP contribution in [0.5, 0.6) is 0 Å². The molecule has 8 heteroatoms. The Morgan fingerprint density at radius 3 is 2.53 bits per heavy atom. The van der Waals surface area contributed by atoms with Crippen LogP contribution >= 0.6 is 23.1 Å². The number of nitriles is 1. The van der Waals surface area contributed by atoms with Crippen molar-refractivity contribution in [2.45, 2.75) is 37.4 Å². The quantitative estimate of drug-likeness (QED) is 0.504. The van der Waals surface area contributed by atoms with E-state index in [0.717, 1.165) is 42.6 Å². The summed E-state index contributed by atoms with van der Waals surface area (Å²) in [5.74, 6) is -0.443. The zero-order chi connectivity index (χ0) is 23.5. The molecule has 0 saturated carbocycles. The highest BCUT2D eigenvalue weighted by molar-refractivity contribution is 8.16. The number of nitrogens with zero attached hydrogens (tertiary/aromatic N) is 3. The minimum absolute atomic E-state index is 0.00801. The molecule has 2 aromatic carbocycles. The predicted molar refractivity (Wildman–Crippen MR) is 138 cm³/mol. The van der Waals surface area contributed by atoms with Gasteiger partial charge in [-0.2, -0.15) is 5.26 Å². The summed E-state index contributed by atoms with van der Waals surface area (Å²) >= 11 is 2.79. The highest BCUT2D eigenvalue weighted by atomic mass is 32.2. The van der Waals surface area contributed by atoms with Crippen molar-refractivity contribution in [3.8, 4) is 6.07 Å². The Kier molecular flexibility index (Phi) is 6.48. The molecular formula is C26H22N4O2S2.